The number of anilines is 4. The number of hydrogen-bond donors (Lipinski definition) is 2. The van der Waals surface area contributed by atoms with Crippen LogP contribution in [0.4, 0.5) is 21.9 Å². The number of carbonyl (C=O) groups excluding carboxylic acids is 1. The van der Waals surface area contributed by atoms with Gasteiger partial charge in [0.2, 0.25) is 0 Å². The van der Waals surface area contributed by atoms with Crippen LogP contribution < -0.4 is 50.2 Å². The van der Waals surface area contributed by atoms with Gasteiger partial charge in [0.05, 0.1) is 16.2 Å². The average molecular weight is 476 g/mol. The summed E-state index contributed by atoms with van der Waals surface area (Å²) >= 11 is 2.90. The maximum atomic E-state index is 11.5. The second kappa shape index (κ2) is 9.38. The van der Waals surface area contributed by atoms with Gasteiger partial charge in [-0.3, -0.25) is 0 Å². The fraction of sp³-hybridized carbons (Fsp3) is 0.250. The first-order valence-electron chi connectivity index (χ1n) is 9.63. The van der Waals surface area contributed by atoms with Crippen LogP contribution in [0.1, 0.15) is 26.8 Å². The van der Waals surface area contributed by atoms with Gasteiger partial charge in [0.15, 0.2) is 21.9 Å². The first-order chi connectivity index (χ1) is 15.0. The van der Waals surface area contributed by atoms with E-state index >= 15 is 0 Å². The van der Waals surface area contributed by atoms with Crippen molar-refractivity contribution in [2.75, 3.05) is 30.4 Å². The molecule has 1 aliphatic rings. The molecule has 0 bridgehead atoms. The molecule has 1 aliphatic heterocycles. The smallest absolute Gasteiger partial charge is 0.543 e. The molecular weight excluding hydrogens is 457 g/mol. The van der Waals surface area contributed by atoms with E-state index in [0.717, 1.165) is 38.9 Å². The molecule has 1 saturated heterocycles. The van der Waals surface area contributed by atoms with Crippen molar-refractivity contribution in [2.24, 2.45) is 0 Å². The Hall–Kier alpha value is -2.15. The maximum absolute atomic E-state index is 11.5. The minimum atomic E-state index is -1.25. The number of carboxylic acids is 1. The number of nitrogens with one attached hydrogen (secondary N) is 2. The summed E-state index contributed by atoms with van der Waals surface area (Å²) in [6.07, 6.45) is 0. The molecule has 0 atom stereocenters. The molecule has 12 heteroatoms. The maximum Gasteiger partial charge on any atom is 1.00 e. The quantitative estimate of drug-likeness (QED) is 0.353. The zero-order chi connectivity index (χ0) is 21.5. The van der Waals surface area contributed by atoms with E-state index in [2.05, 4.69) is 30.8 Å². The average Bonchev–Trinajstić information content (AvgIpc) is 3.32. The van der Waals surface area contributed by atoms with Crippen LogP contribution in [0.25, 0.3) is 10.2 Å². The second-order valence-electron chi connectivity index (χ2n) is 7.26. The monoisotopic (exact) mass is 475 g/mol. The van der Waals surface area contributed by atoms with Gasteiger partial charge < -0.3 is 25.4 Å². The van der Waals surface area contributed by atoms with E-state index in [0.29, 0.717) is 16.8 Å². The largest absolute Gasteiger partial charge is 1.00 e. The van der Waals surface area contributed by atoms with Crippen LogP contribution in [0.3, 0.4) is 0 Å². The van der Waals surface area contributed by atoms with Gasteiger partial charge in [-0.05, 0) is 30.7 Å². The third-order valence-electron chi connectivity index (χ3n) is 5.11. The summed E-state index contributed by atoms with van der Waals surface area (Å²) in [5, 5.41) is 27.8. The van der Waals surface area contributed by atoms with Crippen LogP contribution in [0.15, 0.2) is 30.3 Å². The Kier molecular flexibility index (Phi) is 6.75. The van der Waals surface area contributed by atoms with E-state index in [1.807, 2.05) is 37.3 Å². The molecule has 4 aromatic rings. The molecule has 1 aromatic carbocycles. The topological polar surface area (TPSA) is 119 Å². The van der Waals surface area contributed by atoms with Gasteiger partial charge in [-0.25, -0.2) is 9.97 Å². The van der Waals surface area contributed by atoms with Gasteiger partial charge in [0, 0.05) is 30.9 Å². The summed E-state index contributed by atoms with van der Waals surface area (Å²) in [6.45, 7) is 3.43. The first kappa shape index (κ1) is 23.0. The zero-order valence-electron chi connectivity index (χ0n) is 17.7. The molecule has 158 valence electrons. The molecule has 1 fully saturated rings. The van der Waals surface area contributed by atoms with Crippen LogP contribution >= 0.6 is 22.7 Å². The van der Waals surface area contributed by atoms with E-state index in [9.17, 15) is 9.90 Å². The van der Waals surface area contributed by atoms with Crippen molar-refractivity contribution >= 4 is 60.8 Å². The third kappa shape index (κ3) is 4.36. The van der Waals surface area contributed by atoms with Gasteiger partial charge >= 0.3 is 29.6 Å². The van der Waals surface area contributed by atoms with E-state index < -0.39 is 5.97 Å². The minimum absolute atomic E-state index is 0. The number of aromatic nitrogens is 4. The predicted octanol–water partition coefficient (Wildman–Crippen LogP) is -0.583. The Morgan fingerprint density at radius 3 is 2.66 bits per heavy atom. The van der Waals surface area contributed by atoms with Crippen molar-refractivity contribution in [3.63, 3.8) is 0 Å². The molecule has 9 nitrogen and oxygen atoms in total. The molecule has 0 amide bonds. The van der Waals surface area contributed by atoms with Crippen molar-refractivity contribution in [3.05, 3.63) is 46.5 Å². The van der Waals surface area contributed by atoms with Crippen molar-refractivity contribution < 1.29 is 39.5 Å². The number of thiazole rings is 2. The van der Waals surface area contributed by atoms with Crippen molar-refractivity contribution in [1.82, 2.24) is 25.5 Å². The number of nitrogens with zero attached hydrogens (tertiary/aromatic N) is 5. The van der Waals surface area contributed by atoms with E-state index in [-0.39, 0.29) is 41.2 Å². The third-order valence-corrected chi connectivity index (χ3v) is 7.36. The van der Waals surface area contributed by atoms with Crippen LogP contribution in [-0.4, -0.2) is 46.3 Å². The number of aryl methyl sites for hydroxylation is 1. The Bertz CT molecular complexity index is 1260. The normalized spacial score (nSPS) is 13.4. The minimum Gasteiger partial charge on any atom is -0.543 e. The van der Waals surface area contributed by atoms with Crippen LogP contribution in [0.5, 0.6) is 0 Å². The van der Waals surface area contributed by atoms with Crippen LogP contribution in [0, 0.1) is 6.92 Å². The summed E-state index contributed by atoms with van der Waals surface area (Å²) in [5.41, 5.74) is 1.83. The standard InChI is InChI=1S/C20H19N7O2S2.Na/c1-10-7-14(25-26-17(10)24-19-22-12-5-3-4-6-13(12)30-19)27(2)20-23-15(18(28)29)16(31-20)11-8-21-9-11;/h3-7,11,21H,8-9H2,1-2H3,(H,28,29)(H,22,24,26);/q;+1/p-1. The van der Waals surface area contributed by atoms with Crippen LogP contribution in [-0.2, 0) is 0 Å². The molecule has 0 aliphatic carbocycles. The van der Waals surface area contributed by atoms with E-state index in [1.165, 1.54) is 11.3 Å². The summed E-state index contributed by atoms with van der Waals surface area (Å²) < 4.78 is 1.09. The summed E-state index contributed by atoms with van der Waals surface area (Å²) in [6, 6.07) is 9.82. The summed E-state index contributed by atoms with van der Waals surface area (Å²) in [5.74, 6) is 0.0903. The van der Waals surface area contributed by atoms with Gasteiger partial charge in [0.25, 0.3) is 0 Å². The Morgan fingerprint density at radius 1 is 1.22 bits per heavy atom. The fourth-order valence-electron chi connectivity index (χ4n) is 3.24. The second-order valence-corrected chi connectivity index (χ2v) is 9.30. The predicted molar refractivity (Wildman–Crippen MR) is 120 cm³/mol. The number of fused-ring (bicyclic) bond motifs is 1. The number of rotatable bonds is 6. The molecule has 5 rings (SSSR count). The zero-order valence-corrected chi connectivity index (χ0v) is 21.4. The van der Waals surface area contributed by atoms with Crippen LogP contribution in [0.2, 0.25) is 0 Å². The van der Waals surface area contributed by atoms with Crippen molar-refractivity contribution in [1.29, 1.82) is 0 Å². The van der Waals surface area contributed by atoms with Gasteiger partial charge in [-0.1, -0.05) is 23.5 Å². The molecule has 2 N–H and O–H groups in total. The van der Waals surface area contributed by atoms with E-state index in [1.54, 1.807) is 23.3 Å². The summed E-state index contributed by atoms with van der Waals surface area (Å²) in [7, 11) is 1.80. The number of hydrogen-bond acceptors (Lipinski definition) is 11. The molecule has 4 heterocycles. The Morgan fingerprint density at radius 2 is 2.00 bits per heavy atom. The molecule has 3 aromatic heterocycles. The number of para-hydroxylation sites is 1. The van der Waals surface area contributed by atoms with Crippen molar-refractivity contribution in [2.45, 2.75) is 12.8 Å². The molecule has 0 saturated carbocycles. The van der Waals surface area contributed by atoms with Gasteiger partial charge in [-0.2, -0.15) is 0 Å². The fourth-order valence-corrected chi connectivity index (χ4v) is 5.23. The number of carbonyl (C=O) groups is 1. The molecule has 0 radical (unpaired) electrons. The van der Waals surface area contributed by atoms with Gasteiger partial charge in [0.1, 0.15) is 5.69 Å². The van der Waals surface area contributed by atoms with Gasteiger partial charge in [-0.15, -0.1) is 21.5 Å². The Labute approximate surface area is 214 Å². The molecule has 32 heavy (non-hydrogen) atoms. The van der Waals surface area contributed by atoms with Crippen molar-refractivity contribution in [3.8, 4) is 0 Å². The molecule has 0 spiro atoms. The first-order valence-corrected chi connectivity index (χ1v) is 11.3. The Balaban J connectivity index is 0.00000245. The van der Waals surface area contributed by atoms with E-state index in [4.69, 9.17) is 0 Å². The summed E-state index contributed by atoms with van der Waals surface area (Å²) in [4.78, 5) is 22.9. The molecular formula is C20H18N7NaO2S2. The number of benzene rings is 1. The SMILES string of the molecule is Cc1cc(N(C)c2nc(C(=O)[O-])c(C3CNC3)s2)nnc1Nc1nc2ccccc2s1.[Na+]. The molecule has 0 unspecified atom stereocenters. The number of aromatic carboxylic acids is 1. The number of carboxylic acid groups (broad SMARTS) is 1.